The summed E-state index contributed by atoms with van der Waals surface area (Å²) in [4.78, 5) is 24.1. The standard InChI is InChI=1S/C26H29NO5/c1-7-14-31-24(28)20-10-13-23-22(15-20)17(2)18(3)27(23)16-19-8-11-21(12-9-19)32-26(4,5)25(29)30-6/h7-13,15H,1,14,16H2,2-6H3. The summed E-state index contributed by atoms with van der Waals surface area (Å²) in [7, 11) is 1.34. The Morgan fingerprint density at radius 3 is 2.41 bits per heavy atom. The predicted octanol–water partition coefficient (Wildman–Crippen LogP) is 4.98. The van der Waals surface area contributed by atoms with Crippen LogP contribution in [0.1, 0.15) is 41.0 Å². The van der Waals surface area contributed by atoms with Gasteiger partial charge < -0.3 is 18.8 Å². The van der Waals surface area contributed by atoms with Gasteiger partial charge in [-0.1, -0.05) is 24.8 Å². The molecular weight excluding hydrogens is 406 g/mol. The van der Waals surface area contributed by atoms with Crippen LogP contribution in [0.5, 0.6) is 5.75 Å². The van der Waals surface area contributed by atoms with E-state index in [0.29, 0.717) is 17.9 Å². The van der Waals surface area contributed by atoms with Crippen LogP contribution >= 0.6 is 0 Å². The van der Waals surface area contributed by atoms with E-state index in [1.165, 1.54) is 7.11 Å². The Hall–Kier alpha value is -3.54. The highest BCUT2D eigenvalue weighted by atomic mass is 16.6. The van der Waals surface area contributed by atoms with Crippen molar-refractivity contribution in [3.05, 3.63) is 77.5 Å². The van der Waals surface area contributed by atoms with Crippen molar-refractivity contribution in [3.63, 3.8) is 0 Å². The second-order valence-corrected chi connectivity index (χ2v) is 8.16. The minimum absolute atomic E-state index is 0.187. The van der Waals surface area contributed by atoms with E-state index in [1.54, 1.807) is 26.0 Å². The molecule has 0 aliphatic rings. The first-order valence-corrected chi connectivity index (χ1v) is 10.4. The molecule has 0 aliphatic heterocycles. The Morgan fingerprint density at radius 2 is 1.78 bits per heavy atom. The zero-order valence-electron chi connectivity index (χ0n) is 19.2. The molecule has 2 aromatic carbocycles. The normalized spacial score (nSPS) is 11.3. The number of rotatable bonds is 8. The smallest absolute Gasteiger partial charge is 0.349 e. The topological polar surface area (TPSA) is 66.8 Å². The van der Waals surface area contributed by atoms with Gasteiger partial charge in [-0.05, 0) is 69.2 Å². The summed E-state index contributed by atoms with van der Waals surface area (Å²) in [6.07, 6.45) is 1.55. The molecule has 0 aliphatic carbocycles. The fourth-order valence-corrected chi connectivity index (χ4v) is 3.63. The maximum absolute atomic E-state index is 12.2. The lowest BCUT2D eigenvalue weighted by molar-refractivity contribution is -0.156. The van der Waals surface area contributed by atoms with Crippen LogP contribution in [-0.2, 0) is 20.8 Å². The summed E-state index contributed by atoms with van der Waals surface area (Å²) in [5.74, 6) is -0.196. The fourth-order valence-electron chi connectivity index (χ4n) is 3.63. The molecule has 0 radical (unpaired) electrons. The lowest BCUT2D eigenvalue weighted by Crippen LogP contribution is -2.39. The molecule has 3 aromatic rings. The number of methoxy groups -OCH3 is 1. The van der Waals surface area contributed by atoms with E-state index >= 15 is 0 Å². The number of esters is 2. The SMILES string of the molecule is C=CCOC(=O)c1ccc2c(c1)c(C)c(C)n2Cc1ccc(OC(C)(C)C(=O)OC)cc1. The first-order chi connectivity index (χ1) is 15.2. The van der Waals surface area contributed by atoms with Crippen LogP contribution in [-0.4, -0.2) is 35.8 Å². The number of fused-ring (bicyclic) bond motifs is 1. The van der Waals surface area contributed by atoms with Gasteiger partial charge in [0.2, 0.25) is 0 Å². The van der Waals surface area contributed by atoms with Crippen LogP contribution < -0.4 is 4.74 Å². The molecule has 0 N–H and O–H groups in total. The summed E-state index contributed by atoms with van der Waals surface area (Å²) in [5, 5.41) is 1.02. The van der Waals surface area contributed by atoms with Gasteiger partial charge in [0.15, 0.2) is 5.60 Å². The molecule has 0 bridgehead atoms. The Morgan fingerprint density at radius 1 is 1.09 bits per heavy atom. The van der Waals surface area contributed by atoms with Crippen molar-refractivity contribution in [1.29, 1.82) is 0 Å². The third kappa shape index (κ3) is 4.69. The molecule has 1 aromatic heterocycles. The van der Waals surface area contributed by atoms with Gasteiger partial charge in [0.05, 0.1) is 12.7 Å². The largest absolute Gasteiger partial charge is 0.476 e. The summed E-state index contributed by atoms with van der Waals surface area (Å²) in [5.41, 5.74) is 3.84. The van der Waals surface area contributed by atoms with Gasteiger partial charge in [-0.25, -0.2) is 9.59 Å². The second kappa shape index (κ2) is 9.30. The molecule has 1 heterocycles. The summed E-state index contributed by atoms with van der Waals surface area (Å²) in [6, 6.07) is 13.3. The lowest BCUT2D eigenvalue weighted by atomic mass is 10.1. The summed E-state index contributed by atoms with van der Waals surface area (Å²) < 4.78 is 18.0. The van der Waals surface area contributed by atoms with Crippen molar-refractivity contribution in [3.8, 4) is 5.75 Å². The lowest BCUT2D eigenvalue weighted by Gasteiger charge is -2.23. The van der Waals surface area contributed by atoms with Crippen LogP contribution in [0.15, 0.2) is 55.1 Å². The summed E-state index contributed by atoms with van der Waals surface area (Å²) >= 11 is 0. The van der Waals surface area contributed by atoms with Crippen LogP contribution in [0.4, 0.5) is 0 Å². The highest BCUT2D eigenvalue weighted by molar-refractivity contribution is 5.96. The molecule has 3 rings (SSSR count). The molecule has 0 saturated carbocycles. The quantitative estimate of drug-likeness (QED) is 0.369. The maximum atomic E-state index is 12.2. The van der Waals surface area contributed by atoms with Crippen LogP contribution in [0.2, 0.25) is 0 Å². The number of nitrogens with zero attached hydrogens (tertiary/aromatic N) is 1. The van der Waals surface area contributed by atoms with Gasteiger partial charge in [0.1, 0.15) is 12.4 Å². The molecular formula is C26H29NO5. The van der Waals surface area contributed by atoms with E-state index in [1.807, 2.05) is 36.4 Å². The van der Waals surface area contributed by atoms with Crippen molar-refractivity contribution >= 4 is 22.8 Å². The van der Waals surface area contributed by atoms with E-state index in [2.05, 4.69) is 25.0 Å². The van der Waals surface area contributed by atoms with Gasteiger partial charge in [0, 0.05) is 23.1 Å². The van der Waals surface area contributed by atoms with E-state index in [9.17, 15) is 9.59 Å². The molecule has 0 saturated heterocycles. The third-order valence-corrected chi connectivity index (χ3v) is 5.52. The van der Waals surface area contributed by atoms with E-state index in [-0.39, 0.29) is 12.6 Å². The Kier molecular flexibility index (Phi) is 6.72. The molecule has 6 heteroatoms. The van der Waals surface area contributed by atoms with Crippen molar-refractivity contribution in [2.45, 2.75) is 39.8 Å². The number of benzene rings is 2. The summed E-state index contributed by atoms with van der Waals surface area (Å²) in [6.45, 7) is 11.9. The van der Waals surface area contributed by atoms with Crippen molar-refractivity contribution in [2.75, 3.05) is 13.7 Å². The Labute approximate surface area is 188 Å². The number of carbonyl (C=O) groups excluding carboxylic acids is 2. The number of aromatic nitrogens is 1. The molecule has 0 fully saturated rings. The fraction of sp³-hybridized carbons (Fsp3) is 0.308. The molecule has 168 valence electrons. The zero-order chi connectivity index (χ0) is 23.5. The number of ether oxygens (including phenoxy) is 3. The van der Waals surface area contributed by atoms with Gasteiger partial charge in [-0.15, -0.1) is 0 Å². The minimum atomic E-state index is -1.06. The average molecular weight is 436 g/mol. The van der Waals surface area contributed by atoms with Crippen LogP contribution in [0, 0.1) is 13.8 Å². The minimum Gasteiger partial charge on any atom is -0.476 e. The molecule has 0 atom stereocenters. The molecule has 0 amide bonds. The van der Waals surface area contributed by atoms with Gasteiger partial charge >= 0.3 is 11.9 Å². The van der Waals surface area contributed by atoms with E-state index in [0.717, 1.165) is 27.7 Å². The number of aryl methyl sites for hydroxylation is 1. The van der Waals surface area contributed by atoms with Crippen molar-refractivity contribution in [1.82, 2.24) is 4.57 Å². The molecule has 0 unspecified atom stereocenters. The first-order valence-electron chi connectivity index (χ1n) is 10.4. The van der Waals surface area contributed by atoms with Gasteiger partial charge in [-0.2, -0.15) is 0 Å². The highest BCUT2D eigenvalue weighted by Crippen LogP contribution is 2.28. The maximum Gasteiger partial charge on any atom is 0.349 e. The molecule has 6 nitrogen and oxygen atoms in total. The molecule has 32 heavy (non-hydrogen) atoms. The highest BCUT2D eigenvalue weighted by Gasteiger charge is 2.31. The number of hydrogen-bond donors (Lipinski definition) is 0. The number of carbonyl (C=O) groups is 2. The van der Waals surface area contributed by atoms with Gasteiger partial charge in [-0.3, -0.25) is 0 Å². The van der Waals surface area contributed by atoms with Crippen molar-refractivity contribution in [2.24, 2.45) is 0 Å². The monoisotopic (exact) mass is 435 g/mol. The van der Waals surface area contributed by atoms with Gasteiger partial charge in [0.25, 0.3) is 0 Å². The Bertz CT molecular complexity index is 1160. The zero-order valence-corrected chi connectivity index (χ0v) is 19.2. The van der Waals surface area contributed by atoms with Crippen molar-refractivity contribution < 1.29 is 23.8 Å². The van der Waals surface area contributed by atoms with Crippen LogP contribution in [0.3, 0.4) is 0 Å². The predicted molar refractivity (Wildman–Crippen MR) is 124 cm³/mol. The average Bonchev–Trinajstić information content (AvgIpc) is 3.02. The third-order valence-electron chi connectivity index (χ3n) is 5.52. The first kappa shape index (κ1) is 23.1. The number of hydrogen-bond acceptors (Lipinski definition) is 5. The van der Waals surface area contributed by atoms with Crippen LogP contribution in [0.25, 0.3) is 10.9 Å². The Balaban J connectivity index is 1.84. The second-order valence-electron chi connectivity index (χ2n) is 8.16. The van der Waals surface area contributed by atoms with E-state index in [4.69, 9.17) is 14.2 Å². The molecule has 0 spiro atoms. The van der Waals surface area contributed by atoms with E-state index < -0.39 is 11.6 Å².